The van der Waals surface area contributed by atoms with Crippen molar-refractivity contribution in [1.29, 1.82) is 0 Å². The van der Waals surface area contributed by atoms with E-state index in [1.54, 1.807) is 6.92 Å². The molecule has 148 valence electrons. The highest BCUT2D eigenvalue weighted by Gasteiger charge is 2.21. The molecular weight excluding hydrogens is 350 g/mol. The molecule has 0 spiro atoms. The molecule has 2 amide bonds. The van der Waals surface area contributed by atoms with Gasteiger partial charge in [0.15, 0.2) is 5.78 Å². The lowest BCUT2D eigenvalue weighted by atomic mass is 9.87. The second kappa shape index (κ2) is 8.05. The second-order valence-electron chi connectivity index (χ2n) is 8.33. The van der Waals surface area contributed by atoms with Gasteiger partial charge in [0.25, 0.3) is 0 Å². The van der Waals surface area contributed by atoms with Crippen LogP contribution in [0.2, 0.25) is 0 Å². The van der Waals surface area contributed by atoms with Gasteiger partial charge in [0, 0.05) is 43.1 Å². The Labute approximate surface area is 167 Å². The maximum absolute atomic E-state index is 12.6. The molecule has 28 heavy (non-hydrogen) atoms. The molecule has 0 radical (unpaired) electrons. The summed E-state index contributed by atoms with van der Waals surface area (Å²) in [6, 6.07) is 15.7. The highest BCUT2D eigenvalue weighted by molar-refractivity contribution is 5.94. The number of hydrogen-bond donors (Lipinski definition) is 1. The normalized spacial score (nSPS) is 14.7. The maximum atomic E-state index is 12.6. The maximum Gasteiger partial charge on any atom is 0.321 e. The lowest BCUT2D eigenvalue weighted by molar-refractivity contribution is 0.101. The summed E-state index contributed by atoms with van der Waals surface area (Å²) in [7, 11) is 0. The van der Waals surface area contributed by atoms with E-state index in [1.165, 1.54) is 5.56 Å². The van der Waals surface area contributed by atoms with Gasteiger partial charge < -0.3 is 15.1 Å². The van der Waals surface area contributed by atoms with Gasteiger partial charge >= 0.3 is 6.03 Å². The topological polar surface area (TPSA) is 52.7 Å². The zero-order valence-electron chi connectivity index (χ0n) is 17.2. The zero-order valence-corrected chi connectivity index (χ0v) is 17.2. The number of rotatable bonds is 3. The molecule has 0 unspecified atom stereocenters. The second-order valence-corrected chi connectivity index (χ2v) is 8.33. The minimum Gasteiger partial charge on any atom is -0.368 e. The van der Waals surface area contributed by atoms with Crippen LogP contribution >= 0.6 is 0 Å². The van der Waals surface area contributed by atoms with Crippen molar-refractivity contribution in [2.75, 3.05) is 36.4 Å². The van der Waals surface area contributed by atoms with E-state index in [1.807, 2.05) is 41.3 Å². The minimum atomic E-state index is -0.0601. The molecule has 1 N–H and O–H groups in total. The molecule has 0 atom stereocenters. The van der Waals surface area contributed by atoms with E-state index in [0.717, 1.165) is 30.0 Å². The van der Waals surface area contributed by atoms with Crippen molar-refractivity contribution in [2.24, 2.45) is 0 Å². The van der Waals surface area contributed by atoms with Crippen molar-refractivity contribution in [3.8, 4) is 0 Å². The Morgan fingerprint density at radius 2 is 1.43 bits per heavy atom. The number of urea groups is 1. The Kier molecular flexibility index (Phi) is 5.73. The van der Waals surface area contributed by atoms with E-state index < -0.39 is 0 Å². The molecule has 0 aliphatic carbocycles. The highest BCUT2D eigenvalue weighted by Crippen LogP contribution is 2.24. The van der Waals surface area contributed by atoms with E-state index in [-0.39, 0.29) is 17.2 Å². The Morgan fingerprint density at radius 3 is 1.93 bits per heavy atom. The Bertz CT molecular complexity index is 828. The summed E-state index contributed by atoms with van der Waals surface area (Å²) >= 11 is 0. The van der Waals surface area contributed by atoms with Crippen LogP contribution in [-0.4, -0.2) is 42.9 Å². The van der Waals surface area contributed by atoms with Gasteiger partial charge in [-0.05, 0) is 54.3 Å². The van der Waals surface area contributed by atoms with Gasteiger partial charge in [-0.2, -0.15) is 0 Å². The van der Waals surface area contributed by atoms with Gasteiger partial charge in [0.2, 0.25) is 0 Å². The fraction of sp³-hybridized carbons (Fsp3) is 0.391. The van der Waals surface area contributed by atoms with Crippen LogP contribution < -0.4 is 10.2 Å². The first-order valence-corrected chi connectivity index (χ1v) is 9.76. The summed E-state index contributed by atoms with van der Waals surface area (Å²) < 4.78 is 0. The fourth-order valence-electron chi connectivity index (χ4n) is 3.33. The first kappa shape index (κ1) is 19.9. The summed E-state index contributed by atoms with van der Waals surface area (Å²) in [6.45, 7) is 11.0. The standard InChI is InChI=1S/C23H29N3O2/c1-17(27)18-5-11-21(12-6-18)25-13-15-26(16-14-25)22(28)24-20-9-7-19(8-10-20)23(2,3)4/h5-12H,13-16H2,1-4H3,(H,24,28). The minimum absolute atomic E-state index is 0.0601. The zero-order chi connectivity index (χ0) is 20.3. The monoisotopic (exact) mass is 379 g/mol. The van der Waals surface area contributed by atoms with E-state index in [4.69, 9.17) is 0 Å². The quantitative estimate of drug-likeness (QED) is 0.797. The van der Waals surface area contributed by atoms with Crippen LogP contribution in [0.25, 0.3) is 0 Å². The van der Waals surface area contributed by atoms with Crippen LogP contribution in [0, 0.1) is 0 Å². The molecular formula is C23H29N3O2. The number of piperazine rings is 1. The molecule has 5 nitrogen and oxygen atoms in total. The molecule has 5 heteroatoms. The highest BCUT2D eigenvalue weighted by atomic mass is 16.2. The van der Waals surface area contributed by atoms with Crippen molar-refractivity contribution in [3.63, 3.8) is 0 Å². The van der Waals surface area contributed by atoms with Crippen LogP contribution in [0.5, 0.6) is 0 Å². The van der Waals surface area contributed by atoms with Crippen molar-refractivity contribution in [1.82, 2.24) is 4.90 Å². The fourth-order valence-corrected chi connectivity index (χ4v) is 3.33. The summed E-state index contributed by atoms with van der Waals surface area (Å²) in [4.78, 5) is 28.1. The SMILES string of the molecule is CC(=O)c1ccc(N2CCN(C(=O)Nc3ccc(C(C)(C)C)cc3)CC2)cc1. The Hall–Kier alpha value is -2.82. The number of nitrogens with one attached hydrogen (secondary N) is 1. The van der Waals surface area contributed by atoms with E-state index in [2.05, 4.69) is 43.1 Å². The van der Waals surface area contributed by atoms with Crippen molar-refractivity contribution in [2.45, 2.75) is 33.1 Å². The van der Waals surface area contributed by atoms with Crippen LogP contribution in [0.3, 0.4) is 0 Å². The summed E-state index contributed by atoms with van der Waals surface area (Å²) in [5, 5.41) is 3.00. The van der Waals surface area contributed by atoms with E-state index in [9.17, 15) is 9.59 Å². The van der Waals surface area contributed by atoms with Crippen LogP contribution in [0.15, 0.2) is 48.5 Å². The van der Waals surface area contributed by atoms with E-state index in [0.29, 0.717) is 13.1 Å². The van der Waals surface area contributed by atoms with E-state index >= 15 is 0 Å². The third-order valence-corrected chi connectivity index (χ3v) is 5.21. The van der Waals surface area contributed by atoms with Gasteiger partial charge in [-0.25, -0.2) is 4.79 Å². The first-order valence-electron chi connectivity index (χ1n) is 9.76. The molecule has 1 heterocycles. The summed E-state index contributed by atoms with van der Waals surface area (Å²) in [5.74, 6) is 0.0728. The Balaban J connectivity index is 1.54. The molecule has 1 aliphatic heterocycles. The van der Waals surface area contributed by atoms with Gasteiger partial charge in [-0.15, -0.1) is 0 Å². The van der Waals surface area contributed by atoms with Crippen molar-refractivity contribution >= 4 is 23.2 Å². The summed E-state index contributed by atoms with van der Waals surface area (Å²) in [5.41, 5.74) is 3.97. The molecule has 0 aromatic heterocycles. The van der Waals surface area contributed by atoms with Crippen molar-refractivity contribution < 1.29 is 9.59 Å². The predicted molar refractivity (Wildman–Crippen MR) is 114 cm³/mol. The first-order chi connectivity index (χ1) is 13.2. The van der Waals surface area contributed by atoms with Crippen LogP contribution in [0.1, 0.15) is 43.6 Å². The number of carbonyl (C=O) groups is 2. The number of nitrogens with zero attached hydrogens (tertiary/aromatic N) is 2. The smallest absolute Gasteiger partial charge is 0.321 e. The molecule has 0 saturated carbocycles. The number of carbonyl (C=O) groups excluding carboxylic acids is 2. The van der Waals surface area contributed by atoms with Gasteiger partial charge in [-0.1, -0.05) is 32.9 Å². The van der Waals surface area contributed by atoms with Crippen LogP contribution in [0.4, 0.5) is 16.2 Å². The lowest BCUT2D eigenvalue weighted by Gasteiger charge is -2.36. The number of hydrogen-bond acceptors (Lipinski definition) is 3. The predicted octanol–water partition coefficient (Wildman–Crippen LogP) is 4.54. The molecule has 1 saturated heterocycles. The average molecular weight is 380 g/mol. The molecule has 3 rings (SSSR count). The van der Waals surface area contributed by atoms with Gasteiger partial charge in [0.05, 0.1) is 0 Å². The molecule has 1 aliphatic rings. The number of ketones is 1. The molecule has 2 aromatic carbocycles. The van der Waals surface area contributed by atoms with Crippen molar-refractivity contribution in [3.05, 3.63) is 59.7 Å². The van der Waals surface area contributed by atoms with Gasteiger partial charge in [0.1, 0.15) is 0 Å². The summed E-state index contributed by atoms with van der Waals surface area (Å²) in [6.07, 6.45) is 0. The molecule has 2 aromatic rings. The Morgan fingerprint density at radius 1 is 0.857 bits per heavy atom. The number of anilines is 2. The van der Waals surface area contributed by atoms with Crippen LogP contribution in [-0.2, 0) is 5.41 Å². The largest absolute Gasteiger partial charge is 0.368 e. The lowest BCUT2D eigenvalue weighted by Crippen LogP contribution is -2.50. The number of benzene rings is 2. The van der Waals surface area contributed by atoms with Gasteiger partial charge in [-0.3, -0.25) is 4.79 Å². The molecule has 0 bridgehead atoms. The third kappa shape index (κ3) is 4.71. The number of amides is 2. The number of Topliss-reactive ketones (excluding diaryl/α,β-unsaturated/α-hetero) is 1. The third-order valence-electron chi connectivity index (χ3n) is 5.21. The average Bonchev–Trinajstić information content (AvgIpc) is 2.68. The molecule has 1 fully saturated rings.